The summed E-state index contributed by atoms with van der Waals surface area (Å²) >= 11 is 2.45. The van der Waals surface area contributed by atoms with Gasteiger partial charge >= 0.3 is 0 Å². The Labute approximate surface area is 165 Å². The molecule has 27 heavy (non-hydrogen) atoms. The van der Waals surface area contributed by atoms with Crippen molar-refractivity contribution in [2.45, 2.75) is 16.5 Å². The van der Waals surface area contributed by atoms with Crippen LogP contribution in [0.3, 0.4) is 0 Å². The summed E-state index contributed by atoms with van der Waals surface area (Å²) in [5, 5.41) is 2.32. The zero-order valence-corrected chi connectivity index (χ0v) is 17.4. The zero-order chi connectivity index (χ0) is 19.6. The van der Waals surface area contributed by atoms with Crippen LogP contribution in [-0.2, 0) is 14.8 Å². The average molecular weight is 430 g/mol. The zero-order valence-electron chi connectivity index (χ0n) is 15.0. The molecule has 1 aliphatic heterocycles. The first-order chi connectivity index (χ1) is 12.9. The van der Waals surface area contributed by atoms with Crippen LogP contribution in [0.4, 0.5) is 5.13 Å². The molecule has 0 spiro atoms. The van der Waals surface area contributed by atoms with Crippen LogP contribution in [0.15, 0.2) is 28.6 Å². The number of aromatic nitrogens is 1. The van der Waals surface area contributed by atoms with Crippen LogP contribution in [0, 0.1) is 0 Å². The molecule has 1 N–H and O–H groups in total. The van der Waals surface area contributed by atoms with Gasteiger partial charge in [-0.05, 0) is 18.2 Å². The molecule has 11 heteroatoms. The van der Waals surface area contributed by atoms with E-state index in [9.17, 15) is 13.2 Å². The lowest BCUT2D eigenvalue weighted by Gasteiger charge is -2.24. The van der Waals surface area contributed by atoms with Gasteiger partial charge in [-0.25, -0.2) is 13.4 Å². The minimum absolute atomic E-state index is 0.0839. The predicted molar refractivity (Wildman–Crippen MR) is 105 cm³/mol. The fourth-order valence-electron chi connectivity index (χ4n) is 2.68. The second-order valence-corrected chi connectivity index (χ2v) is 9.95. The fourth-order valence-corrected chi connectivity index (χ4v) is 7.14. The Kier molecular flexibility index (Phi) is 5.94. The van der Waals surface area contributed by atoms with Crippen molar-refractivity contribution >= 4 is 44.2 Å². The van der Waals surface area contributed by atoms with Crippen molar-refractivity contribution in [2.24, 2.45) is 0 Å². The van der Waals surface area contributed by atoms with Gasteiger partial charge in [-0.2, -0.15) is 4.31 Å². The molecule has 1 atom stereocenters. The SMILES string of the molecule is COc1ccc(OC)c(C2SCCN2S(=O)(=O)c2cnc(NC(C)=O)s2)c1. The number of thioether (sulfide) groups is 1. The van der Waals surface area contributed by atoms with E-state index in [1.165, 1.54) is 29.2 Å². The van der Waals surface area contributed by atoms with E-state index in [1.54, 1.807) is 32.4 Å². The van der Waals surface area contributed by atoms with Crippen molar-refractivity contribution < 1.29 is 22.7 Å². The third-order valence-corrected chi connectivity index (χ3v) is 8.47. The molecule has 0 aliphatic carbocycles. The Morgan fingerprint density at radius 1 is 1.33 bits per heavy atom. The number of carbonyl (C=O) groups excluding carboxylic acids is 1. The van der Waals surface area contributed by atoms with Crippen LogP contribution in [0.1, 0.15) is 17.9 Å². The first kappa shape index (κ1) is 19.9. The van der Waals surface area contributed by atoms with E-state index >= 15 is 0 Å². The van der Waals surface area contributed by atoms with Crippen LogP contribution < -0.4 is 14.8 Å². The second kappa shape index (κ2) is 8.05. The van der Waals surface area contributed by atoms with E-state index in [4.69, 9.17) is 9.47 Å². The monoisotopic (exact) mass is 429 g/mol. The number of anilines is 1. The topological polar surface area (TPSA) is 97.8 Å². The summed E-state index contributed by atoms with van der Waals surface area (Å²) < 4.78 is 38.6. The number of hydrogen-bond acceptors (Lipinski definition) is 8. The Bertz CT molecular complexity index is 945. The lowest BCUT2D eigenvalue weighted by atomic mass is 10.2. The Hall–Kier alpha value is -1.82. The molecule has 0 saturated carbocycles. The number of nitrogens with one attached hydrogen (secondary N) is 1. The Morgan fingerprint density at radius 2 is 2.11 bits per heavy atom. The molecule has 1 fully saturated rings. The van der Waals surface area contributed by atoms with Crippen molar-refractivity contribution in [1.29, 1.82) is 0 Å². The molecule has 1 aromatic carbocycles. The smallest absolute Gasteiger partial charge is 0.255 e. The molecule has 0 bridgehead atoms. The highest BCUT2D eigenvalue weighted by Gasteiger charge is 2.39. The fraction of sp³-hybridized carbons (Fsp3) is 0.375. The van der Waals surface area contributed by atoms with E-state index in [2.05, 4.69) is 10.3 Å². The molecule has 3 rings (SSSR count). The van der Waals surface area contributed by atoms with Gasteiger partial charge in [0.2, 0.25) is 5.91 Å². The van der Waals surface area contributed by atoms with Crippen LogP contribution in [0.2, 0.25) is 0 Å². The summed E-state index contributed by atoms with van der Waals surface area (Å²) in [4.78, 5) is 15.1. The number of sulfonamides is 1. The molecular formula is C16H19N3O5S3. The van der Waals surface area contributed by atoms with Gasteiger partial charge < -0.3 is 14.8 Å². The molecule has 1 amide bonds. The number of ether oxygens (including phenoxy) is 2. The number of nitrogens with zero attached hydrogens (tertiary/aromatic N) is 2. The maximum atomic E-state index is 13.2. The highest BCUT2D eigenvalue weighted by atomic mass is 32.2. The van der Waals surface area contributed by atoms with Crippen molar-refractivity contribution in [3.63, 3.8) is 0 Å². The molecule has 2 aromatic rings. The molecule has 1 aliphatic rings. The van der Waals surface area contributed by atoms with Gasteiger partial charge in [-0.15, -0.1) is 11.8 Å². The van der Waals surface area contributed by atoms with Gasteiger partial charge in [0.25, 0.3) is 10.0 Å². The van der Waals surface area contributed by atoms with E-state index in [0.29, 0.717) is 23.8 Å². The van der Waals surface area contributed by atoms with Gasteiger partial charge in [-0.1, -0.05) is 11.3 Å². The third-order valence-electron chi connectivity index (χ3n) is 3.88. The molecule has 1 unspecified atom stereocenters. The summed E-state index contributed by atoms with van der Waals surface area (Å²) in [6, 6.07) is 5.32. The van der Waals surface area contributed by atoms with Gasteiger partial charge in [0, 0.05) is 24.8 Å². The Balaban J connectivity index is 1.96. The molecule has 0 radical (unpaired) electrons. The summed E-state index contributed by atoms with van der Waals surface area (Å²) in [5.41, 5.74) is 0.731. The van der Waals surface area contributed by atoms with E-state index < -0.39 is 15.4 Å². The lowest BCUT2D eigenvalue weighted by Crippen LogP contribution is -2.30. The number of methoxy groups -OCH3 is 2. The molecule has 1 saturated heterocycles. The summed E-state index contributed by atoms with van der Waals surface area (Å²) in [7, 11) is -0.668. The maximum absolute atomic E-state index is 13.2. The predicted octanol–water partition coefficient (Wildman–Crippen LogP) is 2.56. The van der Waals surface area contributed by atoms with Crippen molar-refractivity contribution in [1.82, 2.24) is 9.29 Å². The summed E-state index contributed by atoms with van der Waals surface area (Å²) in [6.07, 6.45) is 1.27. The largest absolute Gasteiger partial charge is 0.497 e. The Morgan fingerprint density at radius 3 is 2.78 bits per heavy atom. The van der Waals surface area contributed by atoms with Crippen molar-refractivity contribution in [3.05, 3.63) is 30.0 Å². The molecule has 146 valence electrons. The highest BCUT2D eigenvalue weighted by molar-refractivity contribution is 8.01. The molecule has 2 heterocycles. The number of rotatable bonds is 6. The van der Waals surface area contributed by atoms with Gasteiger partial charge in [0.05, 0.1) is 25.8 Å². The van der Waals surface area contributed by atoms with Gasteiger partial charge in [-0.3, -0.25) is 4.79 Å². The second-order valence-electron chi connectivity index (χ2n) is 5.61. The molecule has 1 aromatic heterocycles. The van der Waals surface area contributed by atoms with Crippen molar-refractivity contribution in [3.8, 4) is 11.5 Å². The standard InChI is InChI=1S/C16H19N3O5S3/c1-10(20)18-16-17-9-14(26-16)27(21,22)19-6-7-25-15(19)12-8-11(23-2)4-5-13(12)24-3/h4-5,8-9,15H,6-7H2,1-3H3,(H,17,18,20). The van der Waals surface area contributed by atoms with E-state index in [1.807, 2.05) is 0 Å². The van der Waals surface area contributed by atoms with E-state index in [-0.39, 0.29) is 15.2 Å². The van der Waals surface area contributed by atoms with Crippen LogP contribution >= 0.6 is 23.1 Å². The van der Waals surface area contributed by atoms with Crippen LogP contribution in [0.25, 0.3) is 0 Å². The number of amides is 1. The molecular weight excluding hydrogens is 410 g/mol. The van der Waals surface area contributed by atoms with Crippen molar-refractivity contribution in [2.75, 3.05) is 31.8 Å². The van der Waals surface area contributed by atoms with Crippen LogP contribution in [0.5, 0.6) is 11.5 Å². The number of carbonyl (C=O) groups is 1. The third kappa shape index (κ3) is 4.05. The normalized spacial score (nSPS) is 17.7. The van der Waals surface area contributed by atoms with Gasteiger partial charge in [0.15, 0.2) is 9.34 Å². The minimum Gasteiger partial charge on any atom is -0.497 e. The average Bonchev–Trinajstić information content (AvgIpc) is 3.30. The first-order valence-electron chi connectivity index (χ1n) is 7.95. The minimum atomic E-state index is -3.77. The molecule has 8 nitrogen and oxygen atoms in total. The first-order valence-corrected chi connectivity index (χ1v) is 11.3. The van der Waals surface area contributed by atoms with Crippen LogP contribution in [-0.4, -0.2) is 50.1 Å². The number of benzene rings is 1. The van der Waals surface area contributed by atoms with E-state index in [0.717, 1.165) is 16.9 Å². The maximum Gasteiger partial charge on any atom is 0.255 e. The quantitative estimate of drug-likeness (QED) is 0.753. The summed E-state index contributed by atoms with van der Waals surface area (Å²) in [6.45, 7) is 1.71. The number of thiazole rings is 1. The number of hydrogen-bond donors (Lipinski definition) is 1. The van der Waals surface area contributed by atoms with Gasteiger partial charge in [0.1, 0.15) is 11.5 Å². The summed E-state index contributed by atoms with van der Waals surface area (Å²) in [5.74, 6) is 1.57. The lowest BCUT2D eigenvalue weighted by molar-refractivity contribution is -0.114. The highest BCUT2D eigenvalue weighted by Crippen LogP contribution is 2.46.